The predicted molar refractivity (Wildman–Crippen MR) is 69.2 cm³/mol. The van der Waals surface area contributed by atoms with Gasteiger partial charge in [0, 0.05) is 0 Å². The van der Waals surface area contributed by atoms with Crippen molar-refractivity contribution in [2.75, 3.05) is 0 Å². The number of rotatable bonds is 0. The Kier molecular flexibility index (Phi) is 2.30. The molecule has 2 aromatic carbocycles. The van der Waals surface area contributed by atoms with Crippen molar-refractivity contribution < 1.29 is 13.2 Å². The molecule has 1 aliphatic heterocycles. The summed E-state index contributed by atoms with van der Waals surface area (Å²) in [6, 6.07) is 10.3. The van der Waals surface area contributed by atoms with E-state index in [2.05, 4.69) is 20.0 Å². The number of alkyl halides is 3. The number of hydrogen-bond donors (Lipinski definition) is 0. The third kappa shape index (κ3) is 1.93. The fourth-order valence-corrected chi connectivity index (χ4v) is 2.29. The molecule has 1 aliphatic rings. The van der Waals surface area contributed by atoms with Crippen molar-refractivity contribution in [2.24, 2.45) is 9.98 Å². The van der Waals surface area contributed by atoms with Gasteiger partial charge in [-0.3, -0.25) is 0 Å². The normalized spacial score (nSPS) is 15.0. The minimum absolute atomic E-state index is 0.203. The van der Waals surface area contributed by atoms with E-state index in [1.165, 1.54) is 12.1 Å². The average molecular weight is 288 g/mol. The van der Waals surface area contributed by atoms with Crippen molar-refractivity contribution in [2.45, 2.75) is 12.3 Å². The molecule has 0 saturated carbocycles. The maximum absolute atomic E-state index is 12.7. The Morgan fingerprint density at radius 1 is 0.762 bits per heavy atom. The average Bonchev–Trinajstić information content (AvgIpc) is 2.85. The standard InChI is InChI=1S/C14H7F3N4/c15-14(16,17)13-20-11-5-9-10(6-12(11)21-13)19-8-4-2-1-3-7(8)18-9/h1-6,13H. The van der Waals surface area contributed by atoms with Gasteiger partial charge in [-0.05, 0) is 24.3 Å². The Hall–Kier alpha value is -2.57. The molecule has 7 heteroatoms. The van der Waals surface area contributed by atoms with E-state index in [0.29, 0.717) is 22.1 Å². The minimum Gasteiger partial charge on any atom is -0.247 e. The van der Waals surface area contributed by atoms with Gasteiger partial charge in [-0.15, -0.1) is 0 Å². The molecular weight excluding hydrogens is 281 g/mol. The van der Waals surface area contributed by atoms with E-state index in [1.807, 2.05) is 12.1 Å². The predicted octanol–water partition coefficient (Wildman–Crippen LogP) is 1.92. The van der Waals surface area contributed by atoms with Crippen molar-refractivity contribution in [1.82, 2.24) is 9.97 Å². The molecule has 0 bridgehead atoms. The lowest BCUT2D eigenvalue weighted by Crippen LogP contribution is -2.24. The number of para-hydroxylation sites is 2. The van der Waals surface area contributed by atoms with E-state index in [-0.39, 0.29) is 10.7 Å². The molecule has 0 N–H and O–H groups in total. The molecule has 0 fully saturated rings. The molecule has 0 aliphatic carbocycles. The van der Waals surface area contributed by atoms with Crippen LogP contribution in [-0.2, 0) is 0 Å². The van der Waals surface area contributed by atoms with Gasteiger partial charge in [0.15, 0.2) is 0 Å². The summed E-state index contributed by atoms with van der Waals surface area (Å²) < 4.78 is 38.1. The Morgan fingerprint density at radius 2 is 1.24 bits per heavy atom. The van der Waals surface area contributed by atoms with Gasteiger partial charge in [0.25, 0.3) is 0 Å². The van der Waals surface area contributed by atoms with Gasteiger partial charge < -0.3 is 0 Å². The third-order valence-corrected chi connectivity index (χ3v) is 3.25. The van der Waals surface area contributed by atoms with Crippen molar-refractivity contribution >= 4 is 22.1 Å². The van der Waals surface area contributed by atoms with Crippen LogP contribution < -0.4 is 10.7 Å². The highest BCUT2D eigenvalue weighted by molar-refractivity contribution is 5.85. The maximum atomic E-state index is 12.7. The molecule has 0 spiro atoms. The fourth-order valence-electron chi connectivity index (χ4n) is 2.29. The van der Waals surface area contributed by atoms with Gasteiger partial charge in [-0.2, -0.15) is 13.2 Å². The summed E-state index contributed by atoms with van der Waals surface area (Å²) in [4.78, 5) is 16.0. The largest absolute Gasteiger partial charge is 0.431 e. The Labute approximate surface area is 115 Å². The van der Waals surface area contributed by atoms with Gasteiger partial charge in [0.05, 0.1) is 32.8 Å². The second-order valence-corrected chi connectivity index (χ2v) is 4.72. The van der Waals surface area contributed by atoms with E-state index < -0.39 is 12.3 Å². The van der Waals surface area contributed by atoms with Crippen LogP contribution in [0.5, 0.6) is 0 Å². The molecule has 4 rings (SSSR count). The highest BCUT2D eigenvalue weighted by Gasteiger charge is 2.40. The van der Waals surface area contributed by atoms with E-state index in [0.717, 1.165) is 0 Å². The van der Waals surface area contributed by atoms with Crippen LogP contribution in [0.3, 0.4) is 0 Å². The van der Waals surface area contributed by atoms with Crippen LogP contribution in [0.25, 0.3) is 22.1 Å². The van der Waals surface area contributed by atoms with Crippen molar-refractivity contribution in [3.63, 3.8) is 0 Å². The number of halogens is 3. The van der Waals surface area contributed by atoms with Crippen molar-refractivity contribution in [3.05, 3.63) is 47.1 Å². The topological polar surface area (TPSA) is 50.5 Å². The van der Waals surface area contributed by atoms with E-state index in [9.17, 15) is 13.2 Å². The number of aromatic nitrogens is 2. The molecule has 0 atom stereocenters. The van der Waals surface area contributed by atoms with Gasteiger partial charge in [-0.25, -0.2) is 20.0 Å². The van der Waals surface area contributed by atoms with E-state index >= 15 is 0 Å². The molecule has 104 valence electrons. The molecule has 3 aromatic rings. The minimum atomic E-state index is -4.48. The smallest absolute Gasteiger partial charge is 0.247 e. The number of hydrogen-bond acceptors (Lipinski definition) is 4. The molecule has 4 nitrogen and oxygen atoms in total. The lowest BCUT2D eigenvalue weighted by atomic mass is 10.2. The van der Waals surface area contributed by atoms with Gasteiger partial charge >= 0.3 is 6.18 Å². The van der Waals surface area contributed by atoms with Crippen LogP contribution in [-0.4, -0.2) is 22.3 Å². The molecule has 0 radical (unpaired) electrons. The summed E-state index contributed by atoms with van der Waals surface area (Å²) in [6.07, 6.45) is -6.50. The number of benzene rings is 2. The molecular formula is C14H7F3N4. The molecule has 21 heavy (non-hydrogen) atoms. The first-order valence-corrected chi connectivity index (χ1v) is 6.20. The molecule has 0 saturated heterocycles. The lowest BCUT2D eigenvalue weighted by Gasteiger charge is -2.07. The summed E-state index contributed by atoms with van der Waals surface area (Å²) in [6.45, 7) is 0. The van der Waals surface area contributed by atoms with Crippen molar-refractivity contribution in [1.29, 1.82) is 0 Å². The molecule has 1 aromatic heterocycles. The first-order valence-electron chi connectivity index (χ1n) is 6.20. The summed E-state index contributed by atoms with van der Waals surface area (Å²) >= 11 is 0. The van der Waals surface area contributed by atoms with E-state index in [4.69, 9.17) is 0 Å². The summed E-state index contributed by atoms with van der Waals surface area (Å²) in [5.74, 6) is 0. The maximum Gasteiger partial charge on any atom is 0.431 e. The van der Waals surface area contributed by atoms with Crippen LogP contribution in [0.2, 0.25) is 0 Å². The summed E-state index contributed by atoms with van der Waals surface area (Å²) in [7, 11) is 0. The molecule has 0 amide bonds. The summed E-state index contributed by atoms with van der Waals surface area (Å²) in [5.41, 5.74) is 2.39. The zero-order chi connectivity index (χ0) is 14.6. The Balaban J connectivity index is 2.02. The van der Waals surface area contributed by atoms with Gasteiger partial charge in [0.1, 0.15) is 0 Å². The number of nitrogens with zero attached hydrogens (tertiary/aromatic N) is 4. The van der Waals surface area contributed by atoms with Gasteiger partial charge in [-0.1, -0.05) is 12.1 Å². The van der Waals surface area contributed by atoms with Crippen LogP contribution in [0.1, 0.15) is 0 Å². The summed E-state index contributed by atoms with van der Waals surface area (Å²) in [5, 5.41) is 0.406. The quantitative estimate of drug-likeness (QED) is 0.593. The zero-order valence-electron chi connectivity index (χ0n) is 10.5. The van der Waals surface area contributed by atoms with Crippen molar-refractivity contribution in [3.8, 4) is 0 Å². The third-order valence-electron chi connectivity index (χ3n) is 3.25. The van der Waals surface area contributed by atoms with Gasteiger partial charge in [0.2, 0.25) is 6.17 Å². The van der Waals surface area contributed by atoms with Crippen LogP contribution in [0.15, 0.2) is 46.4 Å². The van der Waals surface area contributed by atoms with Crippen LogP contribution in [0.4, 0.5) is 13.2 Å². The Morgan fingerprint density at radius 3 is 1.67 bits per heavy atom. The molecule has 0 unspecified atom stereocenters. The monoisotopic (exact) mass is 288 g/mol. The highest BCUT2D eigenvalue weighted by Crippen LogP contribution is 2.24. The second kappa shape index (κ2) is 3.97. The van der Waals surface area contributed by atoms with E-state index in [1.54, 1.807) is 12.1 Å². The number of fused-ring (bicyclic) bond motifs is 3. The SMILES string of the molecule is FC(F)(F)C1N=c2cc3nc4ccccc4nc3cc2=N1. The first kappa shape index (κ1) is 12.2. The first-order chi connectivity index (χ1) is 10.0. The van der Waals surface area contributed by atoms with Crippen LogP contribution >= 0.6 is 0 Å². The fraction of sp³-hybridized carbons (Fsp3) is 0.143. The Bertz CT molecular complexity index is 921. The second-order valence-electron chi connectivity index (χ2n) is 4.72. The highest BCUT2D eigenvalue weighted by atomic mass is 19.4. The lowest BCUT2D eigenvalue weighted by molar-refractivity contribution is -0.145. The van der Waals surface area contributed by atoms with Crippen LogP contribution in [0, 0.1) is 0 Å². The molecule has 2 heterocycles. The zero-order valence-corrected chi connectivity index (χ0v) is 10.5.